The lowest BCUT2D eigenvalue weighted by Gasteiger charge is -2.19. The number of rotatable bonds is 6. The first-order valence-corrected chi connectivity index (χ1v) is 8.29. The molecule has 1 atom stereocenters. The van der Waals surface area contributed by atoms with Crippen molar-refractivity contribution in [2.24, 2.45) is 0 Å². The molecule has 3 nitrogen and oxygen atoms in total. The average molecular weight is 296 g/mol. The van der Waals surface area contributed by atoms with Crippen LogP contribution in [0.15, 0.2) is 48.7 Å². The number of hydrogen-bond acceptors (Lipinski definition) is 3. The van der Waals surface area contributed by atoms with Crippen LogP contribution in [-0.2, 0) is 0 Å². The Morgan fingerprint density at radius 1 is 1.14 bits per heavy atom. The molecule has 2 aromatic rings. The van der Waals surface area contributed by atoms with Crippen LogP contribution in [0, 0.1) is 0 Å². The fourth-order valence-corrected chi connectivity index (χ4v) is 3.03. The molecule has 1 aromatic heterocycles. The number of benzene rings is 1. The molecule has 0 radical (unpaired) electrons. The summed E-state index contributed by atoms with van der Waals surface area (Å²) >= 11 is 0. The molecular weight excluding hydrogens is 272 g/mol. The van der Waals surface area contributed by atoms with E-state index in [2.05, 4.69) is 41.5 Å². The van der Waals surface area contributed by atoms with Crippen molar-refractivity contribution in [2.45, 2.75) is 51.2 Å². The molecule has 1 aliphatic rings. The topological polar surface area (TPSA) is 34.2 Å². The standard InChI is InChI=1S/C19H24N2O/c1-2-18(21-19-9-5-6-14-20-19)15-10-12-17(13-11-15)22-16-7-3-4-8-16/h5-6,9-14,16,18H,2-4,7-8H2,1H3,(H,20,21). The van der Waals surface area contributed by atoms with E-state index in [1.54, 1.807) is 0 Å². The summed E-state index contributed by atoms with van der Waals surface area (Å²) in [4.78, 5) is 4.34. The number of ether oxygens (including phenoxy) is 1. The van der Waals surface area contributed by atoms with Gasteiger partial charge in [-0.15, -0.1) is 0 Å². The van der Waals surface area contributed by atoms with E-state index in [-0.39, 0.29) is 6.04 Å². The molecule has 0 bridgehead atoms. The Morgan fingerprint density at radius 3 is 2.55 bits per heavy atom. The van der Waals surface area contributed by atoms with Gasteiger partial charge in [-0.3, -0.25) is 0 Å². The van der Waals surface area contributed by atoms with Crippen LogP contribution in [0.1, 0.15) is 50.6 Å². The minimum absolute atomic E-state index is 0.274. The SMILES string of the molecule is CCC(Nc1ccccn1)c1ccc(OC2CCCC2)cc1. The highest BCUT2D eigenvalue weighted by Gasteiger charge is 2.16. The number of aromatic nitrogens is 1. The van der Waals surface area contributed by atoms with E-state index in [4.69, 9.17) is 4.74 Å². The number of pyridine rings is 1. The maximum atomic E-state index is 6.03. The van der Waals surface area contributed by atoms with E-state index in [0.29, 0.717) is 6.10 Å². The third-order valence-electron chi connectivity index (χ3n) is 4.28. The lowest BCUT2D eigenvalue weighted by molar-refractivity contribution is 0.210. The molecule has 0 spiro atoms. The van der Waals surface area contributed by atoms with Gasteiger partial charge in [0.05, 0.1) is 12.1 Å². The van der Waals surface area contributed by atoms with Gasteiger partial charge in [-0.2, -0.15) is 0 Å². The Balaban J connectivity index is 1.64. The highest BCUT2D eigenvalue weighted by atomic mass is 16.5. The van der Waals surface area contributed by atoms with Gasteiger partial charge in [-0.25, -0.2) is 4.98 Å². The molecular formula is C19H24N2O. The van der Waals surface area contributed by atoms with Crippen molar-refractivity contribution in [3.8, 4) is 5.75 Å². The number of nitrogens with one attached hydrogen (secondary N) is 1. The van der Waals surface area contributed by atoms with E-state index in [9.17, 15) is 0 Å². The van der Waals surface area contributed by atoms with Crippen molar-refractivity contribution in [2.75, 3.05) is 5.32 Å². The second-order valence-electron chi connectivity index (χ2n) is 5.91. The molecule has 0 amide bonds. The predicted octanol–water partition coefficient (Wildman–Crippen LogP) is 4.97. The maximum Gasteiger partial charge on any atom is 0.126 e. The molecule has 3 heteroatoms. The van der Waals surface area contributed by atoms with E-state index in [1.807, 2.05) is 24.4 Å². The van der Waals surface area contributed by atoms with Gasteiger partial charge in [-0.05, 0) is 61.9 Å². The summed E-state index contributed by atoms with van der Waals surface area (Å²) in [5.74, 6) is 1.91. The summed E-state index contributed by atoms with van der Waals surface area (Å²) in [5, 5.41) is 3.49. The summed E-state index contributed by atoms with van der Waals surface area (Å²) < 4.78 is 6.03. The van der Waals surface area contributed by atoms with Crippen LogP contribution in [0.4, 0.5) is 5.82 Å². The molecule has 1 aromatic carbocycles. The van der Waals surface area contributed by atoms with Gasteiger partial charge < -0.3 is 10.1 Å². The molecule has 0 aliphatic heterocycles. The second-order valence-corrected chi connectivity index (χ2v) is 5.91. The fourth-order valence-electron chi connectivity index (χ4n) is 3.03. The number of hydrogen-bond donors (Lipinski definition) is 1. The van der Waals surface area contributed by atoms with Crippen molar-refractivity contribution in [1.82, 2.24) is 4.98 Å². The molecule has 22 heavy (non-hydrogen) atoms. The Hall–Kier alpha value is -2.03. The molecule has 1 N–H and O–H groups in total. The average Bonchev–Trinajstić information content (AvgIpc) is 3.07. The van der Waals surface area contributed by atoms with E-state index >= 15 is 0 Å². The molecule has 1 fully saturated rings. The lowest BCUT2D eigenvalue weighted by atomic mass is 10.0. The van der Waals surface area contributed by atoms with E-state index in [0.717, 1.165) is 18.0 Å². The monoisotopic (exact) mass is 296 g/mol. The summed E-state index contributed by atoms with van der Waals surface area (Å²) in [6.45, 7) is 2.18. The van der Waals surface area contributed by atoms with Crippen LogP contribution >= 0.6 is 0 Å². The second kappa shape index (κ2) is 7.30. The van der Waals surface area contributed by atoms with Crippen LogP contribution in [0.3, 0.4) is 0 Å². The Labute approximate surface area is 132 Å². The summed E-state index contributed by atoms with van der Waals surface area (Å²) in [5.41, 5.74) is 1.27. The third kappa shape index (κ3) is 3.79. The Morgan fingerprint density at radius 2 is 1.91 bits per heavy atom. The zero-order valence-corrected chi connectivity index (χ0v) is 13.2. The Kier molecular flexibility index (Phi) is 4.94. The first-order valence-electron chi connectivity index (χ1n) is 8.29. The van der Waals surface area contributed by atoms with Crippen molar-refractivity contribution < 1.29 is 4.74 Å². The van der Waals surface area contributed by atoms with Crippen molar-refractivity contribution in [3.63, 3.8) is 0 Å². The smallest absolute Gasteiger partial charge is 0.126 e. The minimum atomic E-state index is 0.274. The lowest BCUT2D eigenvalue weighted by Crippen LogP contribution is -2.12. The summed E-state index contributed by atoms with van der Waals surface area (Å²) in [6.07, 6.45) is 8.23. The zero-order valence-electron chi connectivity index (χ0n) is 13.2. The van der Waals surface area contributed by atoms with Crippen LogP contribution < -0.4 is 10.1 Å². The maximum absolute atomic E-state index is 6.03. The van der Waals surface area contributed by atoms with Gasteiger partial charge in [0, 0.05) is 6.20 Å². The molecule has 1 aliphatic carbocycles. The number of anilines is 1. The zero-order chi connectivity index (χ0) is 15.2. The number of nitrogens with zero attached hydrogens (tertiary/aromatic N) is 1. The van der Waals surface area contributed by atoms with Gasteiger partial charge in [0.1, 0.15) is 11.6 Å². The molecule has 116 valence electrons. The van der Waals surface area contributed by atoms with Crippen LogP contribution in [0.25, 0.3) is 0 Å². The summed E-state index contributed by atoms with van der Waals surface area (Å²) in [6, 6.07) is 14.7. The van der Waals surface area contributed by atoms with Gasteiger partial charge in [0.25, 0.3) is 0 Å². The Bertz CT molecular complexity index is 562. The molecule has 3 rings (SSSR count). The first-order chi connectivity index (χ1) is 10.8. The largest absolute Gasteiger partial charge is 0.490 e. The highest BCUT2D eigenvalue weighted by Crippen LogP contribution is 2.27. The van der Waals surface area contributed by atoms with E-state index < -0.39 is 0 Å². The van der Waals surface area contributed by atoms with Crippen LogP contribution in [0.5, 0.6) is 5.75 Å². The fraction of sp³-hybridized carbons (Fsp3) is 0.421. The quantitative estimate of drug-likeness (QED) is 0.817. The van der Waals surface area contributed by atoms with Gasteiger partial charge in [-0.1, -0.05) is 25.1 Å². The third-order valence-corrected chi connectivity index (χ3v) is 4.28. The molecule has 1 unspecified atom stereocenters. The minimum Gasteiger partial charge on any atom is -0.490 e. The van der Waals surface area contributed by atoms with Crippen molar-refractivity contribution in [1.29, 1.82) is 0 Å². The van der Waals surface area contributed by atoms with Crippen molar-refractivity contribution in [3.05, 3.63) is 54.2 Å². The first kappa shape index (κ1) is 14.9. The van der Waals surface area contributed by atoms with Crippen LogP contribution in [-0.4, -0.2) is 11.1 Å². The molecule has 0 saturated heterocycles. The van der Waals surface area contributed by atoms with Gasteiger partial charge in [0.15, 0.2) is 0 Å². The summed E-state index contributed by atoms with van der Waals surface area (Å²) in [7, 11) is 0. The predicted molar refractivity (Wildman–Crippen MR) is 90.2 cm³/mol. The molecule has 1 heterocycles. The van der Waals surface area contributed by atoms with Crippen LogP contribution in [0.2, 0.25) is 0 Å². The highest BCUT2D eigenvalue weighted by molar-refractivity contribution is 5.39. The normalized spacial score (nSPS) is 16.4. The van der Waals surface area contributed by atoms with Gasteiger partial charge in [0.2, 0.25) is 0 Å². The van der Waals surface area contributed by atoms with Crippen molar-refractivity contribution >= 4 is 5.82 Å². The molecule has 1 saturated carbocycles. The van der Waals surface area contributed by atoms with E-state index in [1.165, 1.54) is 31.2 Å². The van der Waals surface area contributed by atoms with Gasteiger partial charge >= 0.3 is 0 Å².